The molecule has 0 spiro atoms. The van der Waals surface area contributed by atoms with Gasteiger partial charge in [-0.1, -0.05) is 18.2 Å². The van der Waals surface area contributed by atoms with E-state index in [1.165, 1.54) is 18.4 Å². The molecule has 0 fully saturated rings. The van der Waals surface area contributed by atoms with Crippen LogP contribution in [0.2, 0.25) is 0 Å². The highest BCUT2D eigenvalue weighted by Gasteiger charge is 2.31. The molecule has 120 valence electrons. The number of urea groups is 1. The number of methoxy groups -OCH3 is 1. The van der Waals surface area contributed by atoms with E-state index >= 15 is 0 Å². The van der Waals surface area contributed by atoms with Crippen molar-refractivity contribution in [1.29, 1.82) is 0 Å². The molecule has 0 aliphatic carbocycles. The lowest BCUT2D eigenvalue weighted by Crippen LogP contribution is -2.47. The van der Waals surface area contributed by atoms with Gasteiger partial charge in [-0.3, -0.25) is 4.90 Å². The summed E-state index contributed by atoms with van der Waals surface area (Å²) in [5.74, 6) is 0. The summed E-state index contributed by atoms with van der Waals surface area (Å²) in [6, 6.07) is 9.23. The van der Waals surface area contributed by atoms with Crippen molar-refractivity contribution in [2.45, 2.75) is 19.3 Å². The van der Waals surface area contributed by atoms with E-state index in [2.05, 4.69) is 0 Å². The number of rotatable bonds is 1. The predicted molar refractivity (Wildman–Crippen MR) is 91.3 cm³/mol. The monoisotopic (exact) mass is 330 g/mol. The Morgan fingerprint density at radius 1 is 1.22 bits per heavy atom. The maximum atomic E-state index is 13.1. The zero-order valence-electron chi connectivity index (χ0n) is 12.9. The van der Waals surface area contributed by atoms with Crippen molar-refractivity contribution in [3.05, 3.63) is 46.7 Å². The average Bonchev–Trinajstić information content (AvgIpc) is 3.00. The van der Waals surface area contributed by atoms with E-state index in [0.717, 1.165) is 35.4 Å². The Bertz CT molecular complexity index is 700. The molecule has 0 N–H and O–H groups in total. The first-order valence-corrected chi connectivity index (χ1v) is 8.46. The van der Waals surface area contributed by atoms with Crippen molar-refractivity contribution in [3.63, 3.8) is 0 Å². The van der Waals surface area contributed by atoms with Gasteiger partial charge in [0.05, 0.1) is 12.8 Å². The molecule has 1 aromatic heterocycles. The molecule has 3 amide bonds. The smallest absolute Gasteiger partial charge is 0.422 e. The van der Waals surface area contributed by atoms with Crippen LogP contribution < -0.4 is 9.80 Å². The Balaban J connectivity index is 1.99. The molecule has 5 nitrogen and oxygen atoms in total. The Kier molecular flexibility index (Phi) is 4.62. The maximum Gasteiger partial charge on any atom is 0.422 e. The van der Waals surface area contributed by atoms with E-state index in [-0.39, 0.29) is 6.03 Å². The molecular formula is C17H18N2O3S. The van der Waals surface area contributed by atoms with E-state index in [1.54, 1.807) is 16.3 Å². The van der Waals surface area contributed by atoms with Crippen molar-refractivity contribution in [1.82, 2.24) is 0 Å². The van der Waals surface area contributed by atoms with E-state index < -0.39 is 6.09 Å². The summed E-state index contributed by atoms with van der Waals surface area (Å²) in [4.78, 5) is 28.0. The molecule has 0 atom stereocenters. The fraction of sp³-hybridized carbons (Fsp3) is 0.294. The van der Waals surface area contributed by atoms with Gasteiger partial charge in [-0.15, -0.1) is 0 Å². The van der Waals surface area contributed by atoms with Crippen LogP contribution in [0.3, 0.4) is 0 Å². The zero-order chi connectivity index (χ0) is 16.2. The predicted octanol–water partition coefficient (Wildman–Crippen LogP) is 4.28. The van der Waals surface area contributed by atoms with Crippen LogP contribution in [0.5, 0.6) is 0 Å². The molecular weight excluding hydrogens is 312 g/mol. The van der Waals surface area contributed by atoms with E-state index in [1.807, 2.05) is 29.6 Å². The third kappa shape index (κ3) is 3.07. The third-order valence-electron chi connectivity index (χ3n) is 3.90. The number of hydrogen-bond acceptors (Lipinski definition) is 4. The Hall–Kier alpha value is -2.34. The second kappa shape index (κ2) is 6.83. The average molecular weight is 330 g/mol. The number of benzene rings is 1. The molecule has 2 heterocycles. The van der Waals surface area contributed by atoms with E-state index in [4.69, 9.17) is 4.74 Å². The summed E-state index contributed by atoms with van der Waals surface area (Å²) in [5.41, 5.74) is 2.54. The lowest BCUT2D eigenvalue weighted by atomic mass is 10.1. The summed E-state index contributed by atoms with van der Waals surface area (Å²) >= 11 is 1.43. The van der Waals surface area contributed by atoms with Gasteiger partial charge in [-0.2, -0.15) is 16.2 Å². The molecule has 2 aromatic rings. The van der Waals surface area contributed by atoms with E-state index in [9.17, 15) is 9.59 Å². The first-order valence-electron chi connectivity index (χ1n) is 7.52. The van der Waals surface area contributed by atoms with Crippen LogP contribution in [-0.2, 0) is 11.2 Å². The van der Waals surface area contributed by atoms with Gasteiger partial charge in [0.25, 0.3) is 0 Å². The molecule has 1 aromatic carbocycles. The second-order valence-electron chi connectivity index (χ2n) is 5.31. The third-order valence-corrected chi connectivity index (χ3v) is 4.57. The van der Waals surface area contributed by atoms with Gasteiger partial charge in [0.15, 0.2) is 0 Å². The molecule has 0 radical (unpaired) electrons. The van der Waals surface area contributed by atoms with Crippen molar-refractivity contribution in [2.24, 2.45) is 0 Å². The van der Waals surface area contributed by atoms with Crippen LogP contribution in [-0.4, -0.2) is 25.8 Å². The molecule has 1 aliphatic heterocycles. The number of carbonyl (C=O) groups excluding carboxylic acids is 2. The first kappa shape index (κ1) is 15.6. The van der Waals surface area contributed by atoms with Gasteiger partial charge in [-0.05, 0) is 42.3 Å². The number of ether oxygens (including phenoxy) is 1. The normalized spacial score (nSPS) is 13.9. The molecule has 0 bridgehead atoms. The molecule has 0 saturated heterocycles. The first-order chi connectivity index (χ1) is 11.2. The van der Waals surface area contributed by atoms with Crippen molar-refractivity contribution in [2.75, 3.05) is 23.5 Å². The maximum absolute atomic E-state index is 13.1. The number of fused-ring (bicyclic) bond motifs is 1. The zero-order valence-corrected chi connectivity index (χ0v) is 13.7. The van der Waals surface area contributed by atoms with Gasteiger partial charge in [0.1, 0.15) is 0 Å². The molecule has 1 aliphatic rings. The van der Waals surface area contributed by atoms with Crippen LogP contribution in [0.25, 0.3) is 0 Å². The Labute approximate surface area is 139 Å². The lowest BCUT2D eigenvalue weighted by molar-refractivity contribution is 0.178. The highest BCUT2D eigenvalue weighted by atomic mass is 32.1. The van der Waals surface area contributed by atoms with Crippen LogP contribution in [0.4, 0.5) is 21.0 Å². The molecule has 23 heavy (non-hydrogen) atoms. The number of aryl methyl sites for hydroxylation is 1. The minimum absolute atomic E-state index is 0.371. The van der Waals surface area contributed by atoms with Crippen LogP contribution in [0.1, 0.15) is 18.4 Å². The molecule has 6 heteroatoms. The number of carbonyl (C=O) groups is 2. The Morgan fingerprint density at radius 3 is 2.78 bits per heavy atom. The van der Waals surface area contributed by atoms with E-state index in [0.29, 0.717) is 12.2 Å². The quantitative estimate of drug-likeness (QED) is 0.784. The number of para-hydroxylation sites is 1. The summed E-state index contributed by atoms with van der Waals surface area (Å²) < 4.78 is 4.81. The highest BCUT2D eigenvalue weighted by molar-refractivity contribution is 7.08. The number of thiophene rings is 1. The summed E-state index contributed by atoms with van der Waals surface area (Å²) in [7, 11) is 1.28. The van der Waals surface area contributed by atoms with Crippen LogP contribution in [0, 0.1) is 0 Å². The van der Waals surface area contributed by atoms with Crippen molar-refractivity contribution < 1.29 is 14.3 Å². The van der Waals surface area contributed by atoms with Crippen molar-refractivity contribution in [3.8, 4) is 0 Å². The number of hydrogen-bond donors (Lipinski definition) is 0. The second-order valence-corrected chi connectivity index (χ2v) is 6.09. The highest BCUT2D eigenvalue weighted by Crippen LogP contribution is 2.29. The standard InChI is InChI=1S/C17H18N2O3S/c1-22-17(21)19(14-9-11-23-12-14)16(20)18-10-5-4-7-13-6-2-3-8-15(13)18/h2-3,6,8-9,11-12H,4-5,7,10H2,1H3. The summed E-state index contributed by atoms with van der Waals surface area (Å²) in [6.45, 7) is 0.591. The number of nitrogens with zero attached hydrogens (tertiary/aromatic N) is 2. The molecule has 3 rings (SSSR count). The van der Waals surface area contributed by atoms with Gasteiger partial charge >= 0.3 is 12.1 Å². The molecule has 0 saturated carbocycles. The van der Waals surface area contributed by atoms with Gasteiger partial charge < -0.3 is 4.74 Å². The summed E-state index contributed by atoms with van der Waals surface area (Å²) in [6.07, 6.45) is 2.20. The van der Waals surface area contributed by atoms with Gasteiger partial charge in [0, 0.05) is 17.6 Å². The lowest BCUT2D eigenvalue weighted by Gasteiger charge is -2.28. The minimum Gasteiger partial charge on any atom is -0.452 e. The number of amides is 3. The summed E-state index contributed by atoms with van der Waals surface area (Å²) in [5, 5.41) is 3.59. The van der Waals surface area contributed by atoms with Crippen molar-refractivity contribution >= 4 is 34.8 Å². The van der Waals surface area contributed by atoms with Gasteiger partial charge in [0.2, 0.25) is 0 Å². The molecule has 0 unspecified atom stereocenters. The number of imide groups is 1. The van der Waals surface area contributed by atoms with Crippen LogP contribution in [0.15, 0.2) is 41.1 Å². The SMILES string of the molecule is COC(=O)N(C(=O)N1CCCCc2ccccc21)c1ccsc1. The topological polar surface area (TPSA) is 49.9 Å². The fourth-order valence-corrected chi connectivity index (χ4v) is 3.40. The largest absolute Gasteiger partial charge is 0.452 e. The van der Waals surface area contributed by atoms with Gasteiger partial charge in [-0.25, -0.2) is 9.59 Å². The minimum atomic E-state index is -0.671. The number of anilines is 2. The Morgan fingerprint density at radius 2 is 2.04 bits per heavy atom. The van der Waals surface area contributed by atoms with Crippen LogP contribution >= 0.6 is 11.3 Å². The fourth-order valence-electron chi connectivity index (χ4n) is 2.78.